The Morgan fingerprint density at radius 2 is 2.33 bits per heavy atom. The van der Waals surface area contributed by atoms with E-state index in [1.54, 1.807) is 4.90 Å². The molecule has 0 bridgehead atoms. The van der Waals surface area contributed by atoms with Crippen LogP contribution in [-0.2, 0) is 0 Å². The lowest BCUT2D eigenvalue weighted by molar-refractivity contribution is 0.157. The number of likely N-dealkylation sites (tertiary alicyclic amines) is 1. The van der Waals surface area contributed by atoms with Gasteiger partial charge in [0.1, 0.15) is 0 Å². The van der Waals surface area contributed by atoms with Gasteiger partial charge in [-0.2, -0.15) is 0 Å². The lowest BCUT2D eigenvalue weighted by Gasteiger charge is -2.23. The van der Waals surface area contributed by atoms with Gasteiger partial charge in [0.2, 0.25) is 0 Å². The summed E-state index contributed by atoms with van der Waals surface area (Å²) >= 11 is 0. The third-order valence-corrected chi connectivity index (χ3v) is 2.91. The van der Waals surface area contributed by atoms with Crippen LogP contribution in [0.1, 0.15) is 39.0 Å². The number of nitrogens with zero attached hydrogens (tertiary/aromatic N) is 1. The van der Waals surface area contributed by atoms with Gasteiger partial charge in [0.05, 0.1) is 12.6 Å². The van der Waals surface area contributed by atoms with Gasteiger partial charge in [-0.15, -0.1) is 0 Å². The van der Waals surface area contributed by atoms with Gasteiger partial charge < -0.3 is 15.3 Å². The van der Waals surface area contributed by atoms with Crippen LogP contribution in [0.15, 0.2) is 0 Å². The number of nitrogens with one attached hydrogen (secondary N) is 1. The Labute approximate surface area is 91.6 Å². The minimum Gasteiger partial charge on any atom is -0.394 e. The van der Waals surface area contributed by atoms with Crippen molar-refractivity contribution in [2.75, 3.05) is 19.7 Å². The van der Waals surface area contributed by atoms with Crippen molar-refractivity contribution in [3.8, 4) is 0 Å². The van der Waals surface area contributed by atoms with Crippen molar-refractivity contribution in [1.82, 2.24) is 10.2 Å². The summed E-state index contributed by atoms with van der Waals surface area (Å²) in [4.78, 5) is 13.4. The molecule has 4 nitrogen and oxygen atoms in total. The van der Waals surface area contributed by atoms with Gasteiger partial charge >= 0.3 is 6.03 Å². The van der Waals surface area contributed by atoms with Gasteiger partial charge in [0, 0.05) is 13.1 Å². The maximum absolute atomic E-state index is 11.7. The minimum atomic E-state index is -0.0114. The molecule has 1 aliphatic rings. The molecular weight excluding hydrogens is 192 g/mol. The predicted molar refractivity (Wildman–Crippen MR) is 59.7 cm³/mol. The van der Waals surface area contributed by atoms with Crippen LogP contribution in [0.4, 0.5) is 4.79 Å². The quantitative estimate of drug-likeness (QED) is 0.679. The lowest BCUT2D eigenvalue weighted by Crippen LogP contribution is -2.44. The molecule has 2 N–H and O–H groups in total. The molecule has 4 heteroatoms. The van der Waals surface area contributed by atoms with E-state index in [0.717, 1.165) is 38.8 Å². The first-order valence-electron chi connectivity index (χ1n) is 5.95. The van der Waals surface area contributed by atoms with Gasteiger partial charge in [-0.3, -0.25) is 0 Å². The number of rotatable bonds is 5. The summed E-state index contributed by atoms with van der Waals surface area (Å²) in [6.07, 6.45) is 5.30. The SMILES string of the molecule is CCCCCNC(=O)N1CCCC1CO. The molecule has 1 saturated heterocycles. The Balaban J connectivity index is 2.21. The second kappa shape index (κ2) is 6.67. The number of aliphatic hydroxyl groups is 1. The first-order valence-corrected chi connectivity index (χ1v) is 5.95. The van der Waals surface area contributed by atoms with Crippen molar-refractivity contribution in [2.45, 2.75) is 45.1 Å². The molecule has 1 rings (SSSR count). The summed E-state index contributed by atoms with van der Waals surface area (Å²) in [5, 5.41) is 12.0. The van der Waals surface area contributed by atoms with Crippen LogP contribution in [0.5, 0.6) is 0 Å². The van der Waals surface area contributed by atoms with E-state index in [9.17, 15) is 4.79 Å². The molecule has 0 aromatic carbocycles. The van der Waals surface area contributed by atoms with E-state index in [4.69, 9.17) is 5.11 Å². The van der Waals surface area contributed by atoms with E-state index >= 15 is 0 Å². The summed E-state index contributed by atoms with van der Waals surface area (Å²) in [5.74, 6) is 0. The molecular formula is C11H22N2O2. The molecule has 15 heavy (non-hydrogen) atoms. The van der Waals surface area contributed by atoms with Crippen LogP contribution < -0.4 is 5.32 Å². The molecule has 0 aromatic heterocycles. The Kier molecular flexibility index (Phi) is 5.47. The summed E-state index contributed by atoms with van der Waals surface area (Å²) in [7, 11) is 0. The standard InChI is InChI=1S/C11H22N2O2/c1-2-3-4-7-12-11(15)13-8-5-6-10(13)9-14/h10,14H,2-9H2,1H3,(H,12,15). The second-order valence-electron chi connectivity index (χ2n) is 4.11. The molecule has 1 aliphatic heterocycles. The highest BCUT2D eigenvalue weighted by Gasteiger charge is 2.27. The van der Waals surface area contributed by atoms with Crippen LogP contribution >= 0.6 is 0 Å². The van der Waals surface area contributed by atoms with Crippen LogP contribution in [0.25, 0.3) is 0 Å². The van der Waals surface area contributed by atoms with E-state index < -0.39 is 0 Å². The minimum absolute atomic E-state index is 0.0114. The molecule has 0 aromatic rings. The molecule has 0 saturated carbocycles. The van der Waals surface area contributed by atoms with Crippen molar-refractivity contribution < 1.29 is 9.90 Å². The highest BCUT2D eigenvalue weighted by atomic mass is 16.3. The number of amides is 2. The number of carbonyl (C=O) groups is 1. The molecule has 0 aliphatic carbocycles. The summed E-state index contributed by atoms with van der Waals surface area (Å²) in [6.45, 7) is 3.76. The average molecular weight is 214 g/mol. The molecule has 88 valence electrons. The fourth-order valence-electron chi connectivity index (χ4n) is 1.96. The summed E-state index contributed by atoms with van der Waals surface area (Å²) < 4.78 is 0. The maximum Gasteiger partial charge on any atom is 0.317 e. The largest absolute Gasteiger partial charge is 0.394 e. The van der Waals surface area contributed by atoms with E-state index in [1.807, 2.05) is 0 Å². The van der Waals surface area contributed by atoms with Gasteiger partial charge in [-0.1, -0.05) is 19.8 Å². The molecule has 1 heterocycles. The monoisotopic (exact) mass is 214 g/mol. The number of urea groups is 1. The molecule has 1 unspecified atom stereocenters. The molecule has 0 spiro atoms. The van der Waals surface area contributed by atoms with Crippen LogP contribution in [-0.4, -0.2) is 41.8 Å². The van der Waals surface area contributed by atoms with Crippen LogP contribution in [0.3, 0.4) is 0 Å². The average Bonchev–Trinajstić information content (AvgIpc) is 2.72. The van der Waals surface area contributed by atoms with Gasteiger partial charge in [-0.05, 0) is 19.3 Å². The van der Waals surface area contributed by atoms with Crippen molar-refractivity contribution in [1.29, 1.82) is 0 Å². The summed E-state index contributed by atoms with van der Waals surface area (Å²) in [5.41, 5.74) is 0. The van der Waals surface area contributed by atoms with Crippen LogP contribution in [0, 0.1) is 0 Å². The predicted octanol–water partition coefficient (Wildman–Crippen LogP) is 1.34. The second-order valence-corrected chi connectivity index (χ2v) is 4.11. The Hall–Kier alpha value is -0.770. The number of aliphatic hydroxyl groups excluding tert-OH is 1. The number of hydrogen-bond donors (Lipinski definition) is 2. The van der Waals surface area contributed by atoms with E-state index in [-0.39, 0.29) is 18.7 Å². The Morgan fingerprint density at radius 3 is 3.00 bits per heavy atom. The van der Waals surface area contributed by atoms with E-state index in [1.165, 1.54) is 6.42 Å². The highest BCUT2D eigenvalue weighted by molar-refractivity contribution is 5.74. The third kappa shape index (κ3) is 3.70. The van der Waals surface area contributed by atoms with Gasteiger partial charge in [0.25, 0.3) is 0 Å². The topological polar surface area (TPSA) is 52.6 Å². The Morgan fingerprint density at radius 1 is 1.53 bits per heavy atom. The van der Waals surface area contributed by atoms with Crippen molar-refractivity contribution in [2.24, 2.45) is 0 Å². The maximum atomic E-state index is 11.7. The van der Waals surface area contributed by atoms with Crippen LogP contribution in [0.2, 0.25) is 0 Å². The molecule has 2 amide bonds. The fraction of sp³-hybridized carbons (Fsp3) is 0.909. The van der Waals surface area contributed by atoms with Gasteiger partial charge in [-0.25, -0.2) is 4.79 Å². The normalized spacial score (nSPS) is 20.7. The first-order chi connectivity index (χ1) is 7.29. The van der Waals surface area contributed by atoms with E-state index in [0.29, 0.717) is 0 Å². The lowest BCUT2D eigenvalue weighted by atomic mass is 10.2. The third-order valence-electron chi connectivity index (χ3n) is 2.91. The molecule has 0 radical (unpaired) electrons. The number of hydrogen-bond acceptors (Lipinski definition) is 2. The first kappa shape index (κ1) is 12.3. The molecule has 1 atom stereocenters. The smallest absolute Gasteiger partial charge is 0.317 e. The van der Waals surface area contributed by atoms with Crippen molar-refractivity contribution >= 4 is 6.03 Å². The van der Waals surface area contributed by atoms with Gasteiger partial charge in [0.15, 0.2) is 0 Å². The fourth-order valence-corrected chi connectivity index (χ4v) is 1.96. The van der Waals surface area contributed by atoms with Crippen molar-refractivity contribution in [3.05, 3.63) is 0 Å². The number of unbranched alkanes of at least 4 members (excludes halogenated alkanes) is 2. The Bertz CT molecular complexity index is 197. The number of carbonyl (C=O) groups excluding carboxylic acids is 1. The zero-order valence-corrected chi connectivity index (χ0v) is 9.54. The summed E-state index contributed by atoms with van der Waals surface area (Å²) in [6, 6.07) is 0.0267. The van der Waals surface area contributed by atoms with E-state index in [2.05, 4.69) is 12.2 Å². The zero-order valence-electron chi connectivity index (χ0n) is 9.54. The zero-order chi connectivity index (χ0) is 11.1. The molecule has 1 fully saturated rings. The highest BCUT2D eigenvalue weighted by Crippen LogP contribution is 2.16. The van der Waals surface area contributed by atoms with Crippen molar-refractivity contribution in [3.63, 3.8) is 0 Å².